The zero-order chi connectivity index (χ0) is 14.6. The van der Waals surface area contributed by atoms with Gasteiger partial charge in [0.2, 0.25) is 0 Å². The summed E-state index contributed by atoms with van der Waals surface area (Å²) in [7, 11) is 1.67. The van der Waals surface area contributed by atoms with Gasteiger partial charge in [0.25, 0.3) is 0 Å². The number of nitrogens with zero attached hydrogens (tertiary/aromatic N) is 1. The average molecular weight is 278 g/mol. The van der Waals surface area contributed by atoms with Gasteiger partial charge in [-0.15, -0.1) is 0 Å². The van der Waals surface area contributed by atoms with Gasteiger partial charge in [-0.05, 0) is 32.9 Å². The van der Waals surface area contributed by atoms with Crippen molar-refractivity contribution in [1.29, 1.82) is 0 Å². The molecule has 1 saturated heterocycles. The van der Waals surface area contributed by atoms with E-state index < -0.39 is 0 Å². The van der Waals surface area contributed by atoms with E-state index >= 15 is 0 Å². The van der Waals surface area contributed by atoms with Gasteiger partial charge in [0.15, 0.2) is 11.5 Å². The van der Waals surface area contributed by atoms with Crippen LogP contribution in [0.5, 0.6) is 11.5 Å². The maximum atomic E-state index is 5.87. The molecule has 2 rings (SSSR count). The molecule has 4 heteroatoms. The Balaban J connectivity index is 1.88. The topological polar surface area (TPSA) is 33.7 Å². The van der Waals surface area contributed by atoms with Crippen LogP contribution in [0.3, 0.4) is 0 Å². The summed E-state index contributed by atoms with van der Waals surface area (Å²) in [5, 5.41) is 3.53. The Morgan fingerprint density at radius 1 is 1.30 bits per heavy atom. The van der Waals surface area contributed by atoms with E-state index in [9.17, 15) is 0 Å². The third kappa shape index (κ3) is 3.64. The predicted octanol–water partition coefficient (Wildman–Crippen LogP) is 2.15. The highest BCUT2D eigenvalue weighted by Crippen LogP contribution is 2.26. The first kappa shape index (κ1) is 15.1. The van der Waals surface area contributed by atoms with Gasteiger partial charge in [-0.3, -0.25) is 4.90 Å². The number of benzene rings is 1. The molecule has 0 radical (unpaired) electrons. The molecular weight excluding hydrogens is 252 g/mol. The van der Waals surface area contributed by atoms with Crippen molar-refractivity contribution < 1.29 is 9.47 Å². The van der Waals surface area contributed by atoms with Gasteiger partial charge in [0, 0.05) is 31.2 Å². The molecule has 1 atom stereocenters. The second kappa shape index (κ2) is 6.46. The number of piperazine rings is 1. The highest BCUT2D eigenvalue weighted by molar-refractivity contribution is 5.39. The van der Waals surface area contributed by atoms with E-state index in [0.717, 1.165) is 31.1 Å². The maximum Gasteiger partial charge on any atom is 0.161 e. The predicted molar refractivity (Wildman–Crippen MR) is 81.6 cm³/mol. The van der Waals surface area contributed by atoms with E-state index in [1.807, 2.05) is 24.3 Å². The second-order valence-electron chi connectivity index (χ2n) is 6.04. The van der Waals surface area contributed by atoms with Gasteiger partial charge >= 0.3 is 0 Å². The number of hydrogen-bond donors (Lipinski definition) is 1. The molecule has 1 unspecified atom stereocenters. The van der Waals surface area contributed by atoms with Crippen molar-refractivity contribution in [2.24, 2.45) is 0 Å². The lowest BCUT2D eigenvalue weighted by molar-refractivity contribution is 0.0562. The lowest BCUT2D eigenvalue weighted by atomic mass is 9.98. The summed E-state index contributed by atoms with van der Waals surface area (Å²) in [5.74, 6) is 1.61. The minimum atomic E-state index is 0.177. The monoisotopic (exact) mass is 278 g/mol. The third-order valence-corrected chi connectivity index (χ3v) is 3.92. The third-order valence-electron chi connectivity index (χ3n) is 3.92. The Bertz CT molecular complexity index is 434. The first-order chi connectivity index (χ1) is 9.53. The van der Waals surface area contributed by atoms with Crippen LogP contribution in [-0.4, -0.2) is 49.8 Å². The molecule has 0 saturated carbocycles. The largest absolute Gasteiger partial charge is 0.493 e. The fourth-order valence-electron chi connectivity index (χ4n) is 2.58. The summed E-state index contributed by atoms with van der Waals surface area (Å²) in [6.07, 6.45) is 0. The van der Waals surface area contributed by atoms with E-state index in [1.54, 1.807) is 7.11 Å². The van der Waals surface area contributed by atoms with Crippen molar-refractivity contribution in [1.82, 2.24) is 10.2 Å². The van der Waals surface area contributed by atoms with Crippen LogP contribution in [0.15, 0.2) is 24.3 Å². The van der Waals surface area contributed by atoms with Crippen LogP contribution in [-0.2, 0) is 0 Å². The van der Waals surface area contributed by atoms with Crippen LogP contribution in [0.4, 0.5) is 0 Å². The molecule has 1 aromatic rings. The van der Waals surface area contributed by atoms with E-state index in [1.165, 1.54) is 0 Å². The molecule has 0 bridgehead atoms. The van der Waals surface area contributed by atoms with Crippen LogP contribution in [0.25, 0.3) is 0 Å². The fourth-order valence-corrected chi connectivity index (χ4v) is 2.58. The van der Waals surface area contributed by atoms with Crippen molar-refractivity contribution in [2.75, 3.05) is 33.4 Å². The van der Waals surface area contributed by atoms with Gasteiger partial charge in [0.05, 0.1) is 7.11 Å². The first-order valence-electron chi connectivity index (χ1n) is 7.27. The number of nitrogens with one attached hydrogen (secondary N) is 1. The lowest BCUT2D eigenvalue weighted by Crippen LogP contribution is -2.61. The Morgan fingerprint density at radius 2 is 2.00 bits per heavy atom. The van der Waals surface area contributed by atoms with Crippen LogP contribution >= 0.6 is 0 Å². The van der Waals surface area contributed by atoms with Gasteiger partial charge in [-0.1, -0.05) is 12.1 Å². The number of ether oxygens (including phenoxy) is 2. The van der Waals surface area contributed by atoms with Crippen molar-refractivity contribution in [3.05, 3.63) is 24.3 Å². The van der Waals surface area contributed by atoms with Gasteiger partial charge in [-0.25, -0.2) is 0 Å². The number of methoxy groups -OCH3 is 1. The molecule has 20 heavy (non-hydrogen) atoms. The Hall–Kier alpha value is -1.26. The highest BCUT2D eigenvalue weighted by Gasteiger charge is 2.31. The molecule has 4 nitrogen and oxygen atoms in total. The molecule has 0 aromatic heterocycles. The van der Waals surface area contributed by atoms with Crippen molar-refractivity contribution in [3.8, 4) is 11.5 Å². The molecular formula is C16H26N2O2. The van der Waals surface area contributed by atoms with Gasteiger partial charge < -0.3 is 14.8 Å². The molecule has 1 aliphatic rings. The SMILES string of the molecule is COc1ccccc1OCCN1CC(C)NCC1(C)C. The standard InChI is InChI=1S/C16H26N2O2/c1-13-11-18(16(2,3)12-17-13)9-10-20-15-8-6-5-7-14(15)19-4/h5-8,13,17H,9-12H2,1-4H3. The smallest absolute Gasteiger partial charge is 0.161 e. The normalized spacial score (nSPS) is 22.5. The summed E-state index contributed by atoms with van der Waals surface area (Å²) in [6, 6.07) is 8.33. The molecule has 0 amide bonds. The Labute approximate surface area is 122 Å². The van der Waals surface area contributed by atoms with E-state index in [4.69, 9.17) is 9.47 Å². The quantitative estimate of drug-likeness (QED) is 0.895. The summed E-state index contributed by atoms with van der Waals surface area (Å²) < 4.78 is 11.2. The molecule has 0 aliphatic carbocycles. The Morgan fingerprint density at radius 3 is 2.70 bits per heavy atom. The maximum absolute atomic E-state index is 5.87. The molecule has 1 fully saturated rings. The molecule has 1 aromatic carbocycles. The van der Waals surface area contributed by atoms with Crippen molar-refractivity contribution in [3.63, 3.8) is 0 Å². The van der Waals surface area contributed by atoms with Crippen LogP contribution in [0, 0.1) is 0 Å². The zero-order valence-corrected chi connectivity index (χ0v) is 13.0. The molecule has 1 aliphatic heterocycles. The molecule has 1 N–H and O–H groups in total. The summed E-state index contributed by atoms with van der Waals surface area (Å²) in [5.41, 5.74) is 0.177. The van der Waals surface area contributed by atoms with Gasteiger partial charge in [-0.2, -0.15) is 0 Å². The Kier molecular flexibility index (Phi) is 4.89. The van der Waals surface area contributed by atoms with Crippen LogP contribution in [0.1, 0.15) is 20.8 Å². The van der Waals surface area contributed by atoms with Gasteiger partial charge in [0.1, 0.15) is 6.61 Å². The number of para-hydroxylation sites is 2. The lowest BCUT2D eigenvalue weighted by Gasteiger charge is -2.45. The highest BCUT2D eigenvalue weighted by atomic mass is 16.5. The van der Waals surface area contributed by atoms with E-state index in [2.05, 4.69) is 31.0 Å². The summed E-state index contributed by atoms with van der Waals surface area (Å²) in [4.78, 5) is 2.49. The summed E-state index contributed by atoms with van der Waals surface area (Å²) in [6.45, 7) is 10.5. The van der Waals surface area contributed by atoms with Crippen LogP contribution in [0.2, 0.25) is 0 Å². The average Bonchev–Trinajstić information content (AvgIpc) is 2.43. The molecule has 0 spiro atoms. The zero-order valence-electron chi connectivity index (χ0n) is 13.0. The summed E-state index contributed by atoms with van der Waals surface area (Å²) >= 11 is 0. The number of hydrogen-bond acceptors (Lipinski definition) is 4. The minimum Gasteiger partial charge on any atom is -0.493 e. The molecule has 1 heterocycles. The second-order valence-corrected chi connectivity index (χ2v) is 6.04. The number of rotatable bonds is 5. The van der Waals surface area contributed by atoms with E-state index in [-0.39, 0.29) is 5.54 Å². The van der Waals surface area contributed by atoms with E-state index in [0.29, 0.717) is 12.6 Å². The van der Waals surface area contributed by atoms with Crippen molar-refractivity contribution in [2.45, 2.75) is 32.4 Å². The molecule has 112 valence electrons. The first-order valence-corrected chi connectivity index (χ1v) is 7.27. The fraction of sp³-hybridized carbons (Fsp3) is 0.625. The van der Waals surface area contributed by atoms with Crippen LogP contribution < -0.4 is 14.8 Å². The van der Waals surface area contributed by atoms with Crippen molar-refractivity contribution >= 4 is 0 Å². The minimum absolute atomic E-state index is 0.177.